The summed E-state index contributed by atoms with van der Waals surface area (Å²) in [5, 5.41) is 0. The molecule has 0 spiro atoms. The predicted molar refractivity (Wildman–Crippen MR) is 86.6 cm³/mol. The average molecular weight is 546 g/mol. The molecule has 1 aromatic carbocycles. The van der Waals surface area contributed by atoms with Crippen LogP contribution in [-0.4, -0.2) is 54.6 Å². The summed E-state index contributed by atoms with van der Waals surface area (Å²) in [5.74, 6) is -47.6. The Morgan fingerprint density at radius 2 is 1.17 bits per heavy atom. The minimum Gasteiger partial charge on any atom is -0.377 e. The minimum atomic E-state index is -8.34. The highest BCUT2D eigenvalue weighted by molar-refractivity contribution is 5.94. The molecular formula is C18H13F15O2. The van der Waals surface area contributed by atoms with Crippen LogP contribution in [0.3, 0.4) is 0 Å². The second-order valence-electron chi connectivity index (χ2n) is 7.18. The van der Waals surface area contributed by atoms with Gasteiger partial charge in [-0.25, -0.2) is 0 Å². The number of hydrogen-bond donors (Lipinski definition) is 0. The van der Waals surface area contributed by atoms with Gasteiger partial charge in [0.15, 0.2) is 5.78 Å². The van der Waals surface area contributed by atoms with Crippen molar-refractivity contribution in [2.45, 2.75) is 61.2 Å². The van der Waals surface area contributed by atoms with Gasteiger partial charge in [0.05, 0.1) is 6.10 Å². The number of methoxy groups -OCH3 is 1. The summed E-state index contributed by atoms with van der Waals surface area (Å²) >= 11 is 0. The maximum Gasteiger partial charge on any atom is 0.460 e. The van der Waals surface area contributed by atoms with E-state index in [1.807, 2.05) is 0 Å². The summed E-state index contributed by atoms with van der Waals surface area (Å²) < 4.78 is 204. The van der Waals surface area contributed by atoms with Crippen LogP contribution < -0.4 is 0 Å². The molecule has 1 aromatic rings. The Morgan fingerprint density at radius 1 is 0.743 bits per heavy atom. The molecule has 0 heterocycles. The summed E-state index contributed by atoms with van der Waals surface area (Å²) in [5.41, 5.74) is -0.829. The lowest BCUT2D eigenvalue weighted by Gasteiger charge is -2.42. The monoisotopic (exact) mass is 546 g/mol. The highest BCUT2D eigenvalue weighted by Crippen LogP contribution is 2.63. The molecule has 1 rings (SSSR count). The number of halogens is 15. The largest absolute Gasteiger partial charge is 0.460 e. The number of alkyl halides is 15. The van der Waals surface area contributed by atoms with Crippen LogP contribution >= 0.6 is 0 Å². The number of benzene rings is 1. The van der Waals surface area contributed by atoms with Gasteiger partial charge in [0, 0.05) is 19.1 Å². The van der Waals surface area contributed by atoms with Crippen molar-refractivity contribution in [3.63, 3.8) is 0 Å². The van der Waals surface area contributed by atoms with Gasteiger partial charge in [0.2, 0.25) is 0 Å². The van der Waals surface area contributed by atoms with E-state index in [0.717, 1.165) is 31.2 Å². The normalized spacial score (nSPS) is 15.8. The van der Waals surface area contributed by atoms with Crippen molar-refractivity contribution in [3.05, 3.63) is 35.4 Å². The van der Waals surface area contributed by atoms with Crippen molar-refractivity contribution in [2.24, 2.45) is 0 Å². The lowest BCUT2D eigenvalue weighted by molar-refractivity contribution is -0.453. The zero-order valence-corrected chi connectivity index (χ0v) is 17.1. The Hall–Kier alpha value is -2.20. The number of carbonyl (C=O) groups is 1. The van der Waals surface area contributed by atoms with E-state index in [1.54, 1.807) is 0 Å². The third kappa shape index (κ3) is 4.79. The van der Waals surface area contributed by atoms with Crippen molar-refractivity contribution < 1.29 is 75.4 Å². The summed E-state index contributed by atoms with van der Waals surface area (Å²) in [6.45, 7) is 0.962. The van der Waals surface area contributed by atoms with Crippen LogP contribution in [0.1, 0.15) is 35.4 Å². The van der Waals surface area contributed by atoms with Crippen LogP contribution in [0.2, 0.25) is 0 Å². The number of hydrogen-bond acceptors (Lipinski definition) is 2. The van der Waals surface area contributed by atoms with Crippen molar-refractivity contribution in [1.29, 1.82) is 0 Å². The van der Waals surface area contributed by atoms with E-state index in [1.165, 1.54) is 0 Å². The first kappa shape index (κ1) is 30.8. The lowest BCUT2D eigenvalue weighted by atomic mass is 9.88. The molecule has 0 aliphatic rings. The first-order valence-corrected chi connectivity index (χ1v) is 8.80. The molecule has 0 saturated heterocycles. The molecule has 2 nitrogen and oxygen atoms in total. The smallest absolute Gasteiger partial charge is 0.377 e. The van der Waals surface area contributed by atoms with Gasteiger partial charge in [-0.2, -0.15) is 65.9 Å². The van der Waals surface area contributed by atoms with Gasteiger partial charge >= 0.3 is 41.7 Å². The maximum atomic E-state index is 14.2. The highest BCUT2D eigenvalue weighted by Gasteiger charge is 2.93. The number of ketones is 1. The molecule has 0 radical (unpaired) electrons. The lowest BCUT2D eigenvalue weighted by Crippen LogP contribution is -2.72. The first-order chi connectivity index (χ1) is 15.3. The van der Waals surface area contributed by atoms with Crippen molar-refractivity contribution >= 4 is 5.78 Å². The van der Waals surface area contributed by atoms with Gasteiger partial charge in [-0.1, -0.05) is 18.2 Å². The van der Waals surface area contributed by atoms with Gasteiger partial charge in [0.25, 0.3) is 0 Å². The van der Waals surface area contributed by atoms with Crippen LogP contribution in [0.25, 0.3) is 0 Å². The molecule has 0 aliphatic heterocycles. The van der Waals surface area contributed by atoms with Crippen molar-refractivity contribution in [1.82, 2.24) is 0 Å². The summed E-state index contributed by atoms with van der Waals surface area (Å²) in [6, 6.07) is 3.65. The molecule has 202 valence electrons. The predicted octanol–water partition coefficient (Wildman–Crippen LogP) is 7.34. The Morgan fingerprint density at radius 3 is 1.57 bits per heavy atom. The number of carbonyl (C=O) groups excluding carboxylic acids is 1. The summed E-state index contributed by atoms with van der Waals surface area (Å²) in [4.78, 5) is 11.3. The van der Waals surface area contributed by atoms with E-state index in [0.29, 0.717) is 7.11 Å². The van der Waals surface area contributed by atoms with Gasteiger partial charge < -0.3 is 4.74 Å². The second-order valence-corrected chi connectivity index (χ2v) is 7.18. The molecule has 0 bridgehead atoms. The molecule has 35 heavy (non-hydrogen) atoms. The van der Waals surface area contributed by atoms with Gasteiger partial charge in [-0.05, 0) is 18.6 Å². The van der Waals surface area contributed by atoms with E-state index in [9.17, 15) is 70.7 Å². The fourth-order valence-electron chi connectivity index (χ4n) is 2.66. The van der Waals surface area contributed by atoms with E-state index < -0.39 is 65.6 Å². The fourth-order valence-corrected chi connectivity index (χ4v) is 2.66. The molecule has 0 N–H and O–H groups in total. The van der Waals surface area contributed by atoms with E-state index in [4.69, 9.17) is 0 Å². The van der Waals surface area contributed by atoms with Crippen LogP contribution in [0.5, 0.6) is 0 Å². The van der Waals surface area contributed by atoms with Crippen LogP contribution in [0, 0.1) is 0 Å². The minimum absolute atomic E-state index is 0.245. The van der Waals surface area contributed by atoms with Crippen LogP contribution in [0.4, 0.5) is 65.9 Å². The molecular weight excluding hydrogens is 533 g/mol. The molecule has 17 heteroatoms. The third-order valence-electron chi connectivity index (χ3n) is 4.78. The Balaban J connectivity index is 3.52. The number of Topliss-reactive ketones (excluding diaryl/α,β-unsaturated/α-hetero) is 1. The SMILES string of the molecule is COC(CC(F)(F)C(F)(F)C(F)(F)C(F)(F)C(F)(F)C(F)(F)C(F)(F)F)c1cccc(C(C)=O)c1. The first-order valence-electron chi connectivity index (χ1n) is 8.80. The summed E-state index contributed by atoms with van der Waals surface area (Å²) in [6.07, 6.45) is -12.7. The van der Waals surface area contributed by atoms with Gasteiger partial charge in [0.1, 0.15) is 0 Å². The summed E-state index contributed by atoms with van der Waals surface area (Å²) in [7, 11) is 0.532. The van der Waals surface area contributed by atoms with E-state index >= 15 is 0 Å². The Kier molecular flexibility index (Phi) is 7.95. The third-order valence-corrected chi connectivity index (χ3v) is 4.78. The molecule has 1 atom stereocenters. The molecule has 1 unspecified atom stereocenters. The number of rotatable bonds is 10. The quantitative estimate of drug-likeness (QED) is 0.227. The molecule has 0 aliphatic carbocycles. The fraction of sp³-hybridized carbons (Fsp3) is 0.611. The zero-order valence-electron chi connectivity index (χ0n) is 17.1. The molecule has 0 saturated carbocycles. The second kappa shape index (κ2) is 9.03. The zero-order chi connectivity index (χ0) is 28.1. The Labute approximate surface area is 186 Å². The number of ether oxygens (including phenoxy) is 1. The van der Waals surface area contributed by atoms with Crippen molar-refractivity contribution in [2.75, 3.05) is 7.11 Å². The Bertz CT molecular complexity index is 921. The molecule has 0 amide bonds. The topological polar surface area (TPSA) is 26.3 Å². The van der Waals surface area contributed by atoms with Gasteiger partial charge in [-0.15, -0.1) is 0 Å². The van der Waals surface area contributed by atoms with Crippen LogP contribution in [-0.2, 0) is 4.74 Å². The highest BCUT2D eigenvalue weighted by atomic mass is 19.4. The van der Waals surface area contributed by atoms with Crippen LogP contribution in [0.15, 0.2) is 24.3 Å². The van der Waals surface area contributed by atoms with Gasteiger partial charge in [-0.3, -0.25) is 4.79 Å². The molecule has 0 fully saturated rings. The standard InChI is InChI=1S/C18H13F15O2/c1-8(34)9-4-3-5-10(6-9)11(35-2)7-12(19,20)13(21,22)14(23,24)15(25,26)16(27,28)17(29,30)18(31,32)33/h3-6,11H,7H2,1-2H3. The average Bonchev–Trinajstić information content (AvgIpc) is 2.70. The van der Waals surface area contributed by atoms with E-state index in [-0.39, 0.29) is 5.56 Å². The molecule has 0 aromatic heterocycles. The van der Waals surface area contributed by atoms with Crippen molar-refractivity contribution in [3.8, 4) is 0 Å². The van der Waals surface area contributed by atoms with E-state index in [2.05, 4.69) is 4.74 Å². The maximum absolute atomic E-state index is 14.2.